The van der Waals surface area contributed by atoms with Crippen LogP contribution >= 0.6 is 11.8 Å². The second kappa shape index (κ2) is 8.62. The number of unbranched alkanes of at least 4 members (excludes halogenated alkanes) is 2. The molecule has 2 aromatic carbocycles. The third kappa shape index (κ3) is 3.93. The zero-order valence-electron chi connectivity index (χ0n) is 16.8. The highest BCUT2D eigenvalue weighted by molar-refractivity contribution is 8.03. The van der Waals surface area contributed by atoms with Gasteiger partial charge in [0, 0.05) is 12.2 Å². The van der Waals surface area contributed by atoms with Crippen LogP contribution in [0.15, 0.2) is 53.1 Å². The molecule has 5 heteroatoms. The third-order valence-corrected chi connectivity index (χ3v) is 7.26. The van der Waals surface area contributed by atoms with Gasteiger partial charge in [-0.05, 0) is 47.1 Å². The average Bonchev–Trinajstić information content (AvgIpc) is 3.17. The maximum atomic E-state index is 12.9. The third-order valence-electron chi connectivity index (χ3n) is 6.05. The van der Waals surface area contributed by atoms with Crippen LogP contribution in [0.3, 0.4) is 0 Å². The molecule has 2 atom stereocenters. The van der Waals surface area contributed by atoms with Crippen molar-refractivity contribution < 1.29 is 14.7 Å². The van der Waals surface area contributed by atoms with Gasteiger partial charge in [-0.15, -0.1) is 11.8 Å². The van der Waals surface area contributed by atoms with Gasteiger partial charge in [0.1, 0.15) is 6.04 Å². The standard InChI is InChI=1S/C24H27NO3S/c1-2-3-4-12-20-18(13-17-10-7-9-16-8-5-6-11-19(16)17)14-22(26)25-21(24(27)28)15-29-23(20)25/h5-11,18,21H,2-4,12-15H2,1H3,(H,27,28). The predicted octanol–water partition coefficient (Wildman–Crippen LogP) is 5.22. The van der Waals surface area contributed by atoms with Crippen LogP contribution in [0.25, 0.3) is 10.8 Å². The van der Waals surface area contributed by atoms with Gasteiger partial charge in [0.2, 0.25) is 5.91 Å². The van der Waals surface area contributed by atoms with Crippen molar-refractivity contribution in [1.29, 1.82) is 0 Å². The molecule has 4 nitrogen and oxygen atoms in total. The minimum atomic E-state index is -0.902. The van der Waals surface area contributed by atoms with Crippen LogP contribution in [0.1, 0.15) is 44.6 Å². The highest BCUT2D eigenvalue weighted by Gasteiger charge is 2.44. The molecule has 1 amide bonds. The van der Waals surface area contributed by atoms with E-state index in [1.165, 1.54) is 21.9 Å². The van der Waals surface area contributed by atoms with Gasteiger partial charge in [-0.2, -0.15) is 0 Å². The summed E-state index contributed by atoms with van der Waals surface area (Å²) in [5.41, 5.74) is 2.56. The lowest BCUT2D eigenvalue weighted by molar-refractivity contribution is -0.147. The second-order valence-corrected chi connectivity index (χ2v) is 8.97. The fourth-order valence-corrected chi connectivity index (χ4v) is 6.00. The molecular formula is C24H27NO3S. The number of amides is 1. The maximum Gasteiger partial charge on any atom is 0.327 e. The summed E-state index contributed by atoms with van der Waals surface area (Å²) in [6, 6.07) is 14.0. The van der Waals surface area contributed by atoms with Gasteiger partial charge < -0.3 is 5.11 Å². The topological polar surface area (TPSA) is 57.6 Å². The summed E-state index contributed by atoms with van der Waals surface area (Å²) < 4.78 is 0. The first-order chi connectivity index (χ1) is 14.1. The zero-order valence-corrected chi connectivity index (χ0v) is 17.6. The van der Waals surface area contributed by atoms with Crippen molar-refractivity contribution in [2.45, 2.75) is 51.5 Å². The summed E-state index contributed by atoms with van der Waals surface area (Å²) in [6.07, 6.45) is 5.55. The van der Waals surface area contributed by atoms with Crippen LogP contribution in [0, 0.1) is 5.92 Å². The van der Waals surface area contributed by atoms with Crippen molar-refractivity contribution in [3.8, 4) is 0 Å². The van der Waals surface area contributed by atoms with E-state index >= 15 is 0 Å². The lowest BCUT2D eigenvalue weighted by Crippen LogP contribution is -2.44. The molecule has 0 radical (unpaired) electrons. The van der Waals surface area contributed by atoms with Gasteiger partial charge in [0.05, 0.1) is 5.03 Å². The molecule has 29 heavy (non-hydrogen) atoms. The monoisotopic (exact) mass is 409 g/mol. The number of carbonyl (C=O) groups is 2. The smallest absolute Gasteiger partial charge is 0.327 e. The van der Waals surface area contributed by atoms with E-state index in [0.717, 1.165) is 37.1 Å². The van der Waals surface area contributed by atoms with Crippen molar-refractivity contribution in [2.24, 2.45) is 5.92 Å². The van der Waals surface area contributed by atoms with Crippen LogP contribution in [-0.2, 0) is 16.0 Å². The lowest BCUT2D eigenvalue weighted by atomic mass is 9.83. The molecule has 1 fully saturated rings. The molecule has 0 bridgehead atoms. The minimum Gasteiger partial charge on any atom is -0.480 e. The SMILES string of the molecule is CCCCCC1=C2SCC(C(=O)O)N2C(=O)CC1Cc1cccc2ccccc12. The van der Waals surface area contributed by atoms with E-state index in [0.29, 0.717) is 12.2 Å². The molecule has 0 saturated carbocycles. The highest BCUT2D eigenvalue weighted by Crippen LogP contribution is 2.45. The van der Waals surface area contributed by atoms with E-state index in [4.69, 9.17) is 0 Å². The molecular weight excluding hydrogens is 382 g/mol. The average molecular weight is 410 g/mol. The van der Waals surface area contributed by atoms with Crippen molar-refractivity contribution in [2.75, 3.05) is 5.75 Å². The van der Waals surface area contributed by atoms with Gasteiger partial charge in [0.15, 0.2) is 0 Å². The lowest BCUT2D eigenvalue weighted by Gasteiger charge is -2.34. The molecule has 1 N–H and O–H groups in total. The number of fused-ring (bicyclic) bond motifs is 2. The quantitative estimate of drug-likeness (QED) is 0.637. The number of hydrogen-bond donors (Lipinski definition) is 1. The molecule has 4 rings (SSSR count). The predicted molar refractivity (Wildman–Crippen MR) is 118 cm³/mol. The van der Waals surface area contributed by atoms with E-state index in [2.05, 4.69) is 43.3 Å². The number of carboxylic acids is 1. The molecule has 2 aliphatic rings. The van der Waals surface area contributed by atoms with Crippen molar-refractivity contribution >= 4 is 34.4 Å². The molecule has 152 valence electrons. The number of thioether (sulfide) groups is 1. The van der Waals surface area contributed by atoms with Gasteiger partial charge in [-0.1, -0.05) is 62.2 Å². The van der Waals surface area contributed by atoms with Gasteiger partial charge in [-0.3, -0.25) is 9.69 Å². The molecule has 2 heterocycles. The first kappa shape index (κ1) is 20.0. The number of nitrogens with zero attached hydrogens (tertiary/aromatic N) is 1. The van der Waals surface area contributed by atoms with E-state index < -0.39 is 12.0 Å². The van der Waals surface area contributed by atoms with Gasteiger partial charge in [0.25, 0.3) is 0 Å². The number of carboxylic acid groups (broad SMARTS) is 1. The van der Waals surface area contributed by atoms with Gasteiger partial charge in [-0.25, -0.2) is 4.79 Å². The molecule has 0 spiro atoms. The number of aliphatic carboxylic acids is 1. The number of hydrogen-bond acceptors (Lipinski definition) is 3. The van der Waals surface area contributed by atoms with Crippen LogP contribution in [0.4, 0.5) is 0 Å². The van der Waals surface area contributed by atoms with Crippen LogP contribution in [0.2, 0.25) is 0 Å². The number of carbonyl (C=O) groups excluding carboxylic acids is 1. The van der Waals surface area contributed by atoms with E-state index in [1.54, 1.807) is 16.7 Å². The van der Waals surface area contributed by atoms with Crippen LogP contribution in [-0.4, -0.2) is 33.7 Å². The van der Waals surface area contributed by atoms with Crippen molar-refractivity contribution in [3.63, 3.8) is 0 Å². The molecule has 0 aromatic heterocycles. The first-order valence-corrected chi connectivity index (χ1v) is 11.5. The van der Waals surface area contributed by atoms with Crippen LogP contribution < -0.4 is 0 Å². The summed E-state index contributed by atoms with van der Waals surface area (Å²) in [5.74, 6) is -0.339. The van der Waals surface area contributed by atoms with E-state index in [9.17, 15) is 14.7 Å². The fourth-order valence-electron chi connectivity index (χ4n) is 4.57. The normalized spacial score (nSPS) is 21.7. The Hall–Kier alpha value is -2.27. The minimum absolute atomic E-state index is 0.0399. The number of benzene rings is 2. The Morgan fingerprint density at radius 3 is 2.76 bits per heavy atom. The highest BCUT2D eigenvalue weighted by atomic mass is 32.2. The molecule has 2 unspecified atom stereocenters. The Balaban J connectivity index is 1.69. The molecule has 2 aromatic rings. The molecule has 1 saturated heterocycles. The summed E-state index contributed by atoms with van der Waals surface area (Å²) in [4.78, 5) is 26.2. The number of allylic oxidation sites excluding steroid dienone is 1. The van der Waals surface area contributed by atoms with Crippen molar-refractivity contribution in [3.05, 3.63) is 58.6 Å². The Labute approximate surface area is 176 Å². The first-order valence-electron chi connectivity index (χ1n) is 10.5. The summed E-state index contributed by atoms with van der Waals surface area (Å²) in [5, 5.41) is 12.9. The fraction of sp³-hybridized carbons (Fsp3) is 0.417. The largest absolute Gasteiger partial charge is 0.480 e. The van der Waals surface area contributed by atoms with Crippen LogP contribution in [0.5, 0.6) is 0 Å². The Bertz CT molecular complexity index is 962. The van der Waals surface area contributed by atoms with Crippen molar-refractivity contribution in [1.82, 2.24) is 4.90 Å². The number of rotatable bonds is 7. The zero-order chi connectivity index (χ0) is 20.4. The Morgan fingerprint density at radius 2 is 1.97 bits per heavy atom. The Morgan fingerprint density at radius 1 is 1.17 bits per heavy atom. The van der Waals surface area contributed by atoms with E-state index in [-0.39, 0.29) is 11.8 Å². The summed E-state index contributed by atoms with van der Waals surface area (Å²) in [6.45, 7) is 2.19. The van der Waals surface area contributed by atoms with Gasteiger partial charge >= 0.3 is 5.97 Å². The summed E-state index contributed by atoms with van der Waals surface area (Å²) >= 11 is 1.55. The van der Waals surface area contributed by atoms with E-state index in [1.807, 2.05) is 6.07 Å². The molecule has 2 aliphatic heterocycles. The Kier molecular flexibility index (Phi) is 5.95. The summed E-state index contributed by atoms with van der Waals surface area (Å²) in [7, 11) is 0. The molecule has 0 aliphatic carbocycles. The maximum absolute atomic E-state index is 12.9. The second-order valence-electron chi connectivity index (χ2n) is 7.96.